The first kappa shape index (κ1) is 20.2. The van der Waals surface area contributed by atoms with Crippen LogP contribution in [0.3, 0.4) is 0 Å². The number of cyclic esters (lactones) is 1. The zero-order valence-electron chi connectivity index (χ0n) is 14.6. The van der Waals surface area contributed by atoms with Gasteiger partial charge in [0.1, 0.15) is 5.60 Å². The highest BCUT2D eigenvalue weighted by Crippen LogP contribution is 2.29. The van der Waals surface area contributed by atoms with Crippen LogP contribution in [0, 0.1) is 0 Å². The summed E-state index contributed by atoms with van der Waals surface area (Å²) in [5, 5.41) is 10.2. The second kappa shape index (κ2) is 7.82. The van der Waals surface area contributed by atoms with E-state index in [9.17, 15) is 24.3 Å². The Balaban J connectivity index is 3.42. The highest BCUT2D eigenvalue weighted by atomic mass is 16.6. The molecule has 0 saturated heterocycles. The van der Waals surface area contributed by atoms with Crippen molar-refractivity contribution >= 4 is 23.9 Å². The average molecular weight is 356 g/mol. The fraction of sp³-hybridized carbons (Fsp3) is 0.500. The third-order valence-corrected chi connectivity index (χ3v) is 2.64. The summed E-state index contributed by atoms with van der Waals surface area (Å²) in [6, 6.07) is 0. The van der Waals surface area contributed by atoms with Crippen molar-refractivity contribution in [2.45, 2.75) is 40.2 Å². The van der Waals surface area contributed by atoms with E-state index in [2.05, 4.69) is 0 Å². The van der Waals surface area contributed by atoms with Gasteiger partial charge in [-0.15, -0.1) is 0 Å². The summed E-state index contributed by atoms with van der Waals surface area (Å²) in [4.78, 5) is 47.9. The number of rotatable bonds is 5. The van der Waals surface area contributed by atoms with Crippen molar-refractivity contribution in [3.8, 4) is 0 Å². The summed E-state index contributed by atoms with van der Waals surface area (Å²) in [6.07, 6.45) is 0. The van der Waals surface area contributed by atoms with Gasteiger partial charge >= 0.3 is 23.9 Å². The average Bonchev–Trinajstić information content (AvgIpc) is 2.73. The van der Waals surface area contributed by atoms with Crippen molar-refractivity contribution in [2.75, 3.05) is 13.2 Å². The Morgan fingerprint density at radius 1 is 1.04 bits per heavy atom. The topological polar surface area (TPSA) is 125 Å². The Morgan fingerprint density at radius 2 is 1.52 bits per heavy atom. The molecule has 9 nitrogen and oxygen atoms in total. The standard InChI is InChI=1S/C16H20O9/c1-6-22-12(18)9(13(19)23-7-2)11-10(17)8(14(20)24-11)15(21)25-16(3,4)5/h17H,6-7H2,1-5H3. The Hall–Kier alpha value is -2.84. The van der Waals surface area contributed by atoms with Gasteiger partial charge in [-0.3, -0.25) is 0 Å². The van der Waals surface area contributed by atoms with Crippen LogP contribution in [0.25, 0.3) is 0 Å². The first-order valence-electron chi connectivity index (χ1n) is 7.51. The molecule has 0 aromatic carbocycles. The lowest BCUT2D eigenvalue weighted by molar-refractivity contribution is -0.152. The number of carbonyl (C=O) groups is 4. The van der Waals surface area contributed by atoms with Crippen LogP contribution in [-0.2, 0) is 38.1 Å². The predicted molar refractivity (Wildman–Crippen MR) is 81.9 cm³/mol. The molecule has 25 heavy (non-hydrogen) atoms. The second-order valence-corrected chi connectivity index (χ2v) is 5.76. The number of hydrogen-bond donors (Lipinski definition) is 1. The monoisotopic (exact) mass is 356 g/mol. The minimum atomic E-state index is -1.26. The molecule has 1 aliphatic rings. The maximum absolute atomic E-state index is 12.0. The molecule has 1 aliphatic heterocycles. The van der Waals surface area contributed by atoms with Crippen LogP contribution in [0.15, 0.2) is 22.7 Å². The highest BCUT2D eigenvalue weighted by Gasteiger charge is 2.42. The zero-order chi connectivity index (χ0) is 19.4. The fourth-order valence-corrected chi connectivity index (χ4v) is 1.76. The molecule has 1 heterocycles. The van der Waals surface area contributed by atoms with Gasteiger partial charge in [-0.25, -0.2) is 19.2 Å². The van der Waals surface area contributed by atoms with Gasteiger partial charge in [-0.05, 0) is 34.6 Å². The van der Waals surface area contributed by atoms with E-state index >= 15 is 0 Å². The molecular formula is C16H20O9. The van der Waals surface area contributed by atoms with E-state index in [1.807, 2.05) is 0 Å². The van der Waals surface area contributed by atoms with Gasteiger partial charge in [0.2, 0.25) is 0 Å². The molecule has 0 aliphatic carbocycles. The summed E-state index contributed by atoms with van der Waals surface area (Å²) in [5.41, 5.74) is -2.59. The van der Waals surface area contributed by atoms with Crippen LogP contribution < -0.4 is 0 Å². The Bertz CT molecular complexity index is 642. The molecule has 0 unspecified atom stereocenters. The van der Waals surface area contributed by atoms with Gasteiger partial charge < -0.3 is 24.1 Å². The lowest BCUT2D eigenvalue weighted by Gasteiger charge is -2.18. The molecule has 0 radical (unpaired) electrons. The normalized spacial score (nSPS) is 14.1. The van der Waals surface area contributed by atoms with E-state index < -0.39 is 52.1 Å². The van der Waals surface area contributed by atoms with Gasteiger partial charge in [0, 0.05) is 0 Å². The van der Waals surface area contributed by atoms with Crippen LogP contribution in [0.1, 0.15) is 34.6 Å². The van der Waals surface area contributed by atoms with Crippen molar-refractivity contribution in [2.24, 2.45) is 0 Å². The van der Waals surface area contributed by atoms with E-state index in [1.54, 1.807) is 20.8 Å². The summed E-state index contributed by atoms with van der Waals surface area (Å²) >= 11 is 0. The van der Waals surface area contributed by atoms with Gasteiger partial charge in [0.05, 0.1) is 13.2 Å². The summed E-state index contributed by atoms with van der Waals surface area (Å²) in [7, 11) is 0. The lowest BCUT2D eigenvalue weighted by Crippen LogP contribution is -2.26. The van der Waals surface area contributed by atoms with Crippen LogP contribution in [-0.4, -0.2) is 47.8 Å². The third kappa shape index (κ3) is 4.82. The summed E-state index contributed by atoms with van der Waals surface area (Å²) in [6.45, 7) is 7.51. The molecule has 138 valence electrons. The predicted octanol–water partition coefficient (Wildman–Crippen LogP) is 1.08. The van der Waals surface area contributed by atoms with E-state index in [-0.39, 0.29) is 13.2 Å². The molecule has 9 heteroatoms. The van der Waals surface area contributed by atoms with Crippen LogP contribution in [0.5, 0.6) is 0 Å². The smallest absolute Gasteiger partial charge is 0.355 e. The molecule has 0 saturated carbocycles. The highest BCUT2D eigenvalue weighted by molar-refractivity contribution is 6.20. The molecule has 0 aromatic rings. The number of aliphatic hydroxyl groups is 1. The van der Waals surface area contributed by atoms with Crippen molar-refractivity contribution in [1.82, 2.24) is 0 Å². The van der Waals surface area contributed by atoms with Gasteiger partial charge in [-0.2, -0.15) is 0 Å². The zero-order valence-corrected chi connectivity index (χ0v) is 14.6. The summed E-state index contributed by atoms with van der Waals surface area (Å²) < 4.78 is 19.1. The quantitative estimate of drug-likeness (QED) is 0.253. The van der Waals surface area contributed by atoms with Gasteiger partial charge in [-0.1, -0.05) is 0 Å². The van der Waals surface area contributed by atoms with Crippen LogP contribution in [0.2, 0.25) is 0 Å². The first-order valence-corrected chi connectivity index (χ1v) is 7.51. The minimum Gasteiger partial charge on any atom is -0.503 e. The fourth-order valence-electron chi connectivity index (χ4n) is 1.76. The molecule has 0 amide bonds. The molecule has 0 fully saturated rings. The van der Waals surface area contributed by atoms with Crippen molar-refractivity contribution < 1.29 is 43.2 Å². The maximum atomic E-state index is 12.0. The molecular weight excluding hydrogens is 336 g/mol. The van der Waals surface area contributed by atoms with E-state index in [0.29, 0.717) is 0 Å². The van der Waals surface area contributed by atoms with Gasteiger partial charge in [0.15, 0.2) is 22.7 Å². The molecule has 0 atom stereocenters. The van der Waals surface area contributed by atoms with E-state index in [1.165, 1.54) is 13.8 Å². The third-order valence-electron chi connectivity index (χ3n) is 2.64. The van der Waals surface area contributed by atoms with Crippen LogP contribution in [0.4, 0.5) is 0 Å². The lowest BCUT2D eigenvalue weighted by atomic mass is 10.1. The SMILES string of the molecule is CCOC(=O)C(C(=O)OCC)=C1OC(=O)C(C(=O)OC(C)(C)C)=C1O. The molecule has 0 bridgehead atoms. The van der Waals surface area contributed by atoms with E-state index in [0.717, 1.165) is 0 Å². The molecule has 1 rings (SSSR count). The number of hydrogen-bond acceptors (Lipinski definition) is 9. The van der Waals surface area contributed by atoms with Crippen molar-refractivity contribution in [3.63, 3.8) is 0 Å². The first-order chi connectivity index (χ1) is 11.5. The van der Waals surface area contributed by atoms with Crippen molar-refractivity contribution in [1.29, 1.82) is 0 Å². The van der Waals surface area contributed by atoms with Crippen LogP contribution >= 0.6 is 0 Å². The summed E-state index contributed by atoms with van der Waals surface area (Å²) in [5.74, 6) is -6.54. The number of carbonyl (C=O) groups excluding carboxylic acids is 4. The van der Waals surface area contributed by atoms with Gasteiger partial charge in [0.25, 0.3) is 0 Å². The number of ether oxygens (including phenoxy) is 4. The number of esters is 4. The Kier molecular flexibility index (Phi) is 6.32. The number of aliphatic hydroxyl groups excluding tert-OH is 1. The van der Waals surface area contributed by atoms with Crippen molar-refractivity contribution in [3.05, 3.63) is 22.7 Å². The largest absolute Gasteiger partial charge is 0.503 e. The molecule has 0 spiro atoms. The molecule has 0 aromatic heterocycles. The maximum Gasteiger partial charge on any atom is 0.355 e. The Morgan fingerprint density at radius 3 is 1.92 bits per heavy atom. The minimum absolute atomic E-state index is 0.0770. The second-order valence-electron chi connectivity index (χ2n) is 5.76. The Labute approximate surface area is 144 Å². The molecule has 1 N–H and O–H groups in total. The van der Waals surface area contributed by atoms with E-state index in [4.69, 9.17) is 18.9 Å².